The lowest BCUT2D eigenvalue weighted by atomic mass is 10.2. The maximum absolute atomic E-state index is 12.1. The predicted molar refractivity (Wildman–Crippen MR) is 95.8 cm³/mol. The fraction of sp³-hybridized carbons (Fsp3) is 0.118. The van der Waals surface area contributed by atoms with Gasteiger partial charge in [-0.25, -0.2) is 18.1 Å². The number of sulfonamides is 1. The van der Waals surface area contributed by atoms with Gasteiger partial charge >= 0.3 is 0 Å². The van der Waals surface area contributed by atoms with Gasteiger partial charge in [0.15, 0.2) is 10.8 Å². The minimum Gasteiger partial charge on any atom is -0.462 e. The predicted octanol–water partition coefficient (Wildman–Crippen LogP) is 3.80. The van der Waals surface area contributed by atoms with E-state index in [0.29, 0.717) is 5.76 Å². The van der Waals surface area contributed by atoms with Crippen molar-refractivity contribution in [2.45, 2.75) is 13.5 Å². The monoisotopic (exact) mass is 360 g/mol. The van der Waals surface area contributed by atoms with Crippen LogP contribution < -0.4 is 4.72 Å². The van der Waals surface area contributed by atoms with Gasteiger partial charge in [0.05, 0.1) is 12.0 Å². The van der Waals surface area contributed by atoms with Gasteiger partial charge in [-0.05, 0) is 30.7 Å². The van der Waals surface area contributed by atoms with Crippen LogP contribution in [-0.4, -0.2) is 13.4 Å². The first-order valence-corrected chi connectivity index (χ1v) is 9.63. The molecule has 1 aromatic carbocycles. The molecule has 0 aliphatic rings. The van der Waals surface area contributed by atoms with Gasteiger partial charge in [-0.2, -0.15) is 0 Å². The summed E-state index contributed by atoms with van der Waals surface area (Å²) >= 11 is 1.42. The normalized spacial score (nSPS) is 12.0. The van der Waals surface area contributed by atoms with Crippen molar-refractivity contribution >= 4 is 27.4 Å². The number of nitrogens with zero attached hydrogens (tertiary/aromatic N) is 1. The van der Waals surface area contributed by atoms with Crippen LogP contribution in [0, 0.1) is 6.92 Å². The number of benzene rings is 1. The number of hydrogen-bond acceptors (Lipinski definition) is 5. The first-order valence-electron chi connectivity index (χ1n) is 7.26. The zero-order valence-electron chi connectivity index (χ0n) is 13.0. The molecule has 0 saturated carbocycles. The standard InChI is InChI=1S/C17H16N2O3S2/c1-13-16(23-17(19-13)15-8-5-10-22-15)12-18-24(20,21)11-9-14-6-3-2-4-7-14/h2-11,18H,12H2,1H3/b11-9+. The number of rotatable bonds is 6. The van der Waals surface area contributed by atoms with E-state index in [4.69, 9.17) is 4.42 Å². The molecule has 3 aromatic rings. The molecule has 0 fully saturated rings. The lowest BCUT2D eigenvalue weighted by molar-refractivity contribution is 0.581. The number of thiazole rings is 1. The van der Waals surface area contributed by atoms with Crippen LogP contribution in [0.5, 0.6) is 0 Å². The van der Waals surface area contributed by atoms with Crippen LogP contribution in [0.3, 0.4) is 0 Å². The van der Waals surface area contributed by atoms with Crippen LogP contribution in [0.15, 0.2) is 58.6 Å². The molecule has 0 bridgehead atoms. The Balaban J connectivity index is 1.68. The summed E-state index contributed by atoms with van der Waals surface area (Å²) in [5.74, 6) is 0.682. The number of aryl methyl sites for hydroxylation is 1. The molecule has 0 radical (unpaired) electrons. The van der Waals surface area contributed by atoms with Crippen molar-refractivity contribution in [2.75, 3.05) is 0 Å². The highest BCUT2D eigenvalue weighted by Gasteiger charge is 2.13. The van der Waals surface area contributed by atoms with Gasteiger partial charge < -0.3 is 4.42 Å². The summed E-state index contributed by atoms with van der Waals surface area (Å²) in [5, 5.41) is 1.91. The summed E-state index contributed by atoms with van der Waals surface area (Å²) in [6, 6.07) is 12.9. The van der Waals surface area contributed by atoms with E-state index in [-0.39, 0.29) is 6.54 Å². The van der Waals surface area contributed by atoms with Crippen LogP contribution in [0.25, 0.3) is 16.8 Å². The third-order valence-corrected chi connectivity index (χ3v) is 5.51. The summed E-state index contributed by atoms with van der Waals surface area (Å²) in [6.07, 6.45) is 3.15. The Hall–Kier alpha value is -2.22. The molecule has 1 N–H and O–H groups in total. The quantitative estimate of drug-likeness (QED) is 0.726. The Labute approximate surface area is 144 Å². The molecule has 0 atom stereocenters. The van der Waals surface area contributed by atoms with Crippen LogP contribution in [-0.2, 0) is 16.6 Å². The Morgan fingerprint density at radius 2 is 2.00 bits per heavy atom. The van der Waals surface area contributed by atoms with Crippen molar-refractivity contribution in [3.63, 3.8) is 0 Å². The highest BCUT2D eigenvalue weighted by atomic mass is 32.2. The van der Waals surface area contributed by atoms with E-state index in [1.807, 2.05) is 43.3 Å². The van der Waals surface area contributed by atoms with E-state index >= 15 is 0 Å². The van der Waals surface area contributed by atoms with E-state index in [0.717, 1.165) is 21.1 Å². The van der Waals surface area contributed by atoms with E-state index in [1.54, 1.807) is 18.4 Å². The first kappa shape index (κ1) is 16.6. The molecule has 5 nitrogen and oxygen atoms in total. The Bertz CT molecular complexity index is 928. The smallest absolute Gasteiger partial charge is 0.234 e. The second kappa shape index (κ2) is 7.12. The molecule has 3 rings (SSSR count). The molecule has 0 unspecified atom stereocenters. The van der Waals surface area contributed by atoms with Gasteiger partial charge in [-0.15, -0.1) is 11.3 Å². The summed E-state index contributed by atoms with van der Waals surface area (Å²) < 4.78 is 32.1. The number of furan rings is 1. The summed E-state index contributed by atoms with van der Waals surface area (Å²) in [6.45, 7) is 2.05. The molecule has 0 saturated heterocycles. The van der Waals surface area contributed by atoms with Crippen LogP contribution in [0.4, 0.5) is 0 Å². The summed E-state index contributed by atoms with van der Waals surface area (Å²) in [5.41, 5.74) is 1.62. The second-order valence-electron chi connectivity index (χ2n) is 5.08. The molecule has 0 aliphatic heterocycles. The fourth-order valence-corrected chi connectivity index (χ4v) is 3.88. The number of nitrogens with one attached hydrogen (secondary N) is 1. The SMILES string of the molecule is Cc1nc(-c2ccco2)sc1CNS(=O)(=O)/C=C/c1ccccc1. The van der Waals surface area contributed by atoms with E-state index in [9.17, 15) is 8.42 Å². The number of aromatic nitrogens is 1. The average Bonchev–Trinajstić information content (AvgIpc) is 3.22. The first-order chi connectivity index (χ1) is 11.5. The van der Waals surface area contributed by atoms with Crippen molar-refractivity contribution in [2.24, 2.45) is 0 Å². The molecule has 7 heteroatoms. The maximum atomic E-state index is 12.1. The van der Waals surface area contributed by atoms with Gasteiger partial charge in [-0.3, -0.25) is 0 Å². The van der Waals surface area contributed by atoms with E-state index in [1.165, 1.54) is 16.7 Å². The van der Waals surface area contributed by atoms with Crippen LogP contribution in [0.1, 0.15) is 16.1 Å². The third kappa shape index (κ3) is 4.19. The van der Waals surface area contributed by atoms with Gasteiger partial charge in [0.1, 0.15) is 0 Å². The topological polar surface area (TPSA) is 72.2 Å². The molecule has 2 heterocycles. The third-order valence-electron chi connectivity index (χ3n) is 3.30. The molecular formula is C17H16N2O3S2. The zero-order chi connectivity index (χ0) is 17.0. The minimum absolute atomic E-state index is 0.200. The molecule has 124 valence electrons. The van der Waals surface area contributed by atoms with Crippen molar-refractivity contribution < 1.29 is 12.8 Å². The minimum atomic E-state index is -3.51. The summed E-state index contributed by atoms with van der Waals surface area (Å²) in [7, 11) is -3.51. The van der Waals surface area contributed by atoms with Crippen molar-refractivity contribution in [1.29, 1.82) is 0 Å². The fourth-order valence-electron chi connectivity index (χ4n) is 2.04. The van der Waals surface area contributed by atoms with E-state index < -0.39 is 10.0 Å². The number of hydrogen-bond donors (Lipinski definition) is 1. The summed E-state index contributed by atoms with van der Waals surface area (Å²) in [4.78, 5) is 5.28. The van der Waals surface area contributed by atoms with Gasteiger partial charge in [0.25, 0.3) is 0 Å². The van der Waals surface area contributed by atoms with Crippen molar-refractivity contribution in [1.82, 2.24) is 9.71 Å². The lowest BCUT2D eigenvalue weighted by Crippen LogP contribution is -2.20. The second-order valence-corrected chi connectivity index (χ2v) is 7.82. The lowest BCUT2D eigenvalue weighted by Gasteiger charge is -2.01. The Morgan fingerprint density at radius 3 is 2.71 bits per heavy atom. The highest BCUT2D eigenvalue weighted by molar-refractivity contribution is 7.92. The largest absolute Gasteiger partial charge is 0.462 e. The van der Waals surface area contributed by atoms with Gasteiger partial charge in [-0.1, -0.05) is 30.3 Å². The van der Waals surface area contributed by atoms with Crippen molar-refractivity contribution in [3.8, 4) is 10.8 Å². The van der Waals surface area contributed by atoms with Crippen molar-refractivity contribution in [3.05, 3.63) is 70.3 Å². The Morgan fingerprint density at radius 1 is 1.21 bits per heavy atom. The zero-order valence-corrected chi connectivity index (χ0v) is 14.6. The average molecular weight is 360 g/mol. The molecule has 2 aromatic heterocycles. The Kier molecular flexibility index (Phi) is 4.94. The maximum Gasteiger partial charge on any atom is 0.234 e. The molecule has 24 heavy (non-hydrogen) atoms. The van der Waals surface area contributed by atoms with E-state index in [2.05, 4.69) is 9.71 Å². The van der Waals surface area contributed by atoms with Crippen LogP contribution in [0.2, 0.25) is 0 Å². The molecule has 0 aliphatic carbocycles. The van der Waals surface area contributed by atoms with Gasteiger partial charge in [0.2, 0.25) is 10.0 Å². The molecular weight excluding hydrogens is 344 g/mol. The van der Waals surface area contributed by atoms with Crippen LogP contribution >= 0.6 is 11.3 Å². The highest BCUT2D eigenvalue weighted by Crippen LogP contribution is 2.28. The van der Waals surface area contributed by atoms with Gasteiger partial charge in [0, 0.05) is 16.8 Å². The molecule has 0 amide bonds. The molecule has 0 spiro atoms.